The van der Waals surface area contributed by atoms with Gasteiger partial charge in [-0.05, 0) is 38.7 Å². The van der Waals surface area contributed by atoms with Gasteiger partial charge in [0, 0.05) is 11.1 Å². The molecule has 3 N–H and O–H groups in total. The third-order valence-electron chi connectivity index (χ3n) is 5.11. The summed E-state index contributed by atoms with van der Waals surface area (Å²) in [6.45, 7) is 4.05. The monoisotopic (exact) mass is 331 g/mol. The van der Waals surface area contributed by atoms with Crippen LogP contribution in [0.5, 0.6) is 5.75 Å². The van der Waals surface area contributed by atoms with Gasteiger partial charge >= 0.3 is 11.9 Å². The highest BCUT2D eigenvalue weighted by Gasteiger charge is 2.33. The lowest BCUT2D eigenvalue weighted by Crippen LogP contribution is -2.11. The molecule has 0 radical (unpaired) electrons. The van der Waals surface area contributed by atoms with Crippen LogP contribution >= 0.6 is 0 Å². The van der Waals surface area contributed by atoms with Crippen LogP contribution < -0.4 is 10.5 Å². The van der Waals surface area contributed by atoms with Crippen LogP contribution in [0.4, 0.5) is 5.69 Å². The quantitative estimate of drug-likeness (QED) is 0.500. The number of carboxylic acid groups (broad SMARTS) is 1. The zero-order chi connectivity index (χ0) is 17.6. The molecule has 1 aromatic rings. The molecule has 1 unspecified atom stereocenters. The van der Waals surface area contributed by atoms with E-state index in [4.69, 9.17) is 15.2 Å². The van der Waals surface area contributed by atoms with E-state index in [2.05, 4.69) is 0 Å². The Balaban J connectivity index is 2.04. The molecule has 1 aliphatic carbocycles. The highest BCUT2D eigenvalue weighted by molar-refractivity contribution is 6.01. The summed E-state index contributed by atoms with van der Waals surface area (Å²) in [5.41, 5.74) is 11.6. The smallest absolute Gasteiger partial charge is 0.341 e. The molecular weight excluding hydrogens is 310 g/mol. The lowest BCUT2D eigenvalue weighted by molar-refractivity contribution is -0.141. The van der Waals surface area contributed by atoms with Gasteiger partial charge in [0.2, 0.25) is 0 Å². The third-order valence-corrected chi connectivity index (χ3v) is 5.11. The second-order valence-electron chi connectivity index (χ2n) is 6.48. The fraction of sp³-hybridized carbons (Fsp3) is 0.444. The van der Waals surface area contributed by atoms with Gasteiger partial charge in [0.15, 0.2) is 0 Å². The van der Waals surface area contributed by atoms with E-state index in [1.54, 1.807) is 7.11 Å². The summed E-state index contributed by atoms with van der Waals surface area (Å²) >= 11 is 0. The second-order valence-corrected chi connectivity index (χ2v) is 6.48. The van der Waals surface area contributed by atoms with Crippen LogP contribution in [0.15, 0.2) is 11.1 Å². The number of carbonyl (C=O) groups excluding carboxylic acids is 1. The highest BCUT2D eigenvalue weighted by Crippen LogP contribution is 2.42. The molecule has 0 saturated heterocycles. The predicted octanol–water partition coefficient (Wildman–Crippen LogP) is 2.61. The normalized spacial score (nSPS) is 19.5. The second kappa shape index (κ2) is 5.85. The summed E-state index contributed by atoms with van der Waals surface area (Å²) in [5.74, 6) is -0.913. The Morgan fingerprint density at radius 1 is 1.38 bits per heavy atom. The number of fused-ring (bicyclic) bond motifs is 1. The zero-order valence-corrected chi connectivity index (χ0v) is 14.1. The number of nitrogens with two attached hydrogens (primary N) is 1. The number of carbonyl (C=O) groups is 2. The largest absolute Gasteiger partial charge is 0.496 e. The van der Waals surface area contributed by atoms with E-state index in [0.717, 1.165) is 27.8 Å². The maximum atomic E-state index is 12.0. The Morgan fingerprint density at radius 3 is 2.67 bits per heavy atom. The van der Waals surface area contributed by atoms with E-state index >= 15 is 0 Å². The minimum absolute atomic E-state index is 0.212. The van der Waals surface area contributed by atoms with Gasteiger partial charge in [0.25, 0.3) is 0 Å². The number of allylic oxidation sites excluding steroid dienone is 2. The summed E-state index contributed by atoms with van der Waals surface area (Å²) < 4.78 is 10.7. The maximum absolute atomic E-state index is 12.0. The van der Waals surface area contributed by atoms with E-state index in [1.807, 2.05) is 13.8 Å². The number of anilines is 1. The van der Waals surface area contributed by atoms with Crippen molar-refractivity contribution in [3.8, 4) is 5.75 Å². The first-order chi connectivity index (χ1) is 11.3. The van der Waals surface area contributed by atoms with Crippen molar-refractivity contribution in [2.45, 2.75) is 39.7 Å². The molecular formula is C18H21NO5. The van der Waals surface area contributed by atoms with Crippen molar-refractivity contribution in [3.63, 3.8) is 0 Å². The number of hydrogen-bond donors (Lipinski definition) is 2. The maximum Gasteiger partial charge on any atom is 0.341 e. The average molecular weight is 331 g/mol. The molecule has 3 rings (SSSR count). The van der Waals surface area contributed by atoms with Crippen molar-refractivity contribution < 1.29 is 24.2 Å². The van der Waals surface area contributed by atoms with Crippen LogP contribution in [0, 0.1) is 12.8 Å². The van der Waals surface area contributed by atoms with Gasteiger partial charge in [0.1, 0.15) is 12.4 Å². The molecule has 0 fully saturated rings. The number of methoxy groups -OCH3 is 1. The van der Waals surface area contributed by atoms with E-state index in [-0.39, 0.29) is 12.5 Å². The number of esters is 1. The third kappa shape index (κ3) is 2.42. The molecule has 1 atom stereocenters. The van der Waals surface area contributed by atoms with Gasteiger partial charge in [-0.15, -0.1) is 0 Å². The first-order valence-corrected chi connectivity index (χ1v) is 7.90. The molecule has 0 saturated carbocycles. The summed E-state index contributed by atoms with van der Waals surface area (Å²) in [4.78, 5) is 23.2. The van der Waals surface area contributed by atoms with Crippen LogP contribution in [-0.2, 0) is 22.6 Å². The SMILES string of the molecule is COc1c(C)c2c(c(N)c1CC1=C(C)CC(C(=O)O)C1)C(=O)OC2. The zero-order valence-electron chi connectivity index (χ0n) is 14.1. The van der Waals surface area contributed by atoms with Crippen molar-refractivity contribution in [2.24, 2.45) is 5.92 Å². The molecule has 6 nitrogen and oxygen atoms in total. The fourth-order valence-corrected chi connectivity index (χ4v) is 3.73. The van der Waals surface area contributed by atoms with Crippen LogP contribution in [0.3, 0.4) is 0 Å². The van der Waals surface area contributed by atoms with Crippen LogP contribution in [0.25, 0.3) is 0 Å². The molecule has 0 bridgehead atoms. The van der Waals surface area contributed by atoms with E-state index in [9.17, 15) is 14.7 Å². The highest BCUT2D eigenvalue weighted by atomic mass is 16.5. The van der Waals surface area contributed by atoms with Crippen molar-refractivity contribution in [1.29, 1.82) is 0 Å². The lowest BCUT2D eigenvalue weighted by atomic mass is 9.91. The van der Waals surface area contributed by atoms with Crippen LogP contribution in [0.2, 0.25) is 0 Å². The van der Waals surface area contributed by atoms with Crippen molar-refractivity contribution in [2.75, 3.05) is 12.8 Å². The molecule has 1 aromatic carbocycles. The minimum atomic E-state index is -0.780. The first-order valence-electron chi connectivity index (χ1n) is 7.90. The number of rotatable bonds is 4. The summed E-state index contributed by atoms with van der Waals surface area (Å²) in [6.07, 6.45) is 1.55. The number of ether oxygens (including phenoxy) is 2. The Kier molecular flexibility index (Phi) is 3.99. The number of benzene rings is 1. The summed E-state index contributed by atoms with van der Waals surface area (Å²) in [7, 11) is 1.57. The summed E-state index contributed by atoms with van der Waals surface area (Å²) in [5, 5.41) is 9.24. The van der Waals surface area contributed by atoms with Gasteiger partial charge in [-0.25, -0.2) is 4.79 Å². The van der Waals surface area contributed by atoms with Gasteiger partial charge in [-0.1, -0.05) is 11.1 Å². The minimum Gasteiger partial charge on any atom is -0.496 e. The van der Waals surface area contributed by atoms with Gasteiger partial charge in [-0.3, -0.25) is 4.79 Å². The molecule has 24 heavy (non-hydrogen) atoms. The molecule has 0 aromatic heterocycles. The van der Waals surface area contributed by atoms with E-state index < -0.39 is 11.9 Å². The predicted molar refractivity (Wildman–Crippen MR) is 88.0 cm³/mol. The standard InChI is InChI=1S/C18H21NO5/c1-8-4-11(17(20)21)5-10(8)6-12-15(19)14-13(7-24-18(14)22)9(2)16(12)23-3/h11H,4-7,19H2,1-3H3,(H,20,21). The Labute approximate surface area is 140 Å². The average Bonchev–Trinajstić information content (AvgIpc) is 3.09. The number of aliphatic carboxylic acids is 1. The van der Waals surface area contributed by atoms with Crippen LogP contribution in [0.1, 0.15) is 46.8 Å². The van der Waals surface area contributed by atoms with Crippen LogP contribution in [-0.4, -0.2) is 24.2 Å². The topological polar surface area (TPSA) is 98.9 Å². The molecule has 0 spiro atoms. The molecule has 1 heterocycles. The number of cyclic esters (lactones) is 1. The van der Waals surface area contributed by atoms with Gasteiger partial charge in [0.05, 0.1) is 24.3 Å². The van der Waals surface area contributed by atoms with Crippen molar-refractivity contribution >= 4 is 17.6 Å². The molecule has 128 valence electrons. The van der Waals surface area contributed by atoms with Crippen molar-refractivity contribution in [3.05, 3.63) is 33.4 Å². The van der Waals surface area contributed by atoms with E-state index in [1.165, 1.54) is 0 Å². The van der Waals surface area contributed by atoms with Gasteiger partial charge in [-0.2, -0.15) is 0 Å². The summed E-state index contributed by atoms with van der Waals surface area (Å²) in [6, 6.07) is 0. The number of carboxylic acids is 1. The molecule has 2 aliphatic rings. The number of nitrogen functional groups attached to an aromatic ring is 1. The lowest BCUT2D eigenvalue weighted by Gasteiger charge is -2.18. The fourth-order valence-electron chi connectivity index (χ4n) is 3.73. The van der Waals surface area contributed by atoms with E-state index in [0.29, 0.717) is 36.3 Å². The Bertz CT molecular complexity index is 778. The molecule has 1 aliphatic heterocycles. The Morgan fingerprint density at radius 2 is 2.08 bits per heavy atom. The molecule has 0 amide bonds. The van der Waals surface area contributed by atoms with Crippen molar-refractivity contribution in [1.82, 2.24) is 0 Å². The first kappa shape index (κ1) is 16.4. The number of hydrogen-bond acceptors (Lipinski definition) is 5. The Hall–Kier alpha value is -2.50. The van der Waals surface area contributed by atoms with Gasteiger partial charge < -0.3 is 20.3 Å². The molecule has 6 heteroatoms.